The van der Waals surface area contributed by atoms with E-state index in [1.807, 2.05) is 4.68 Å². The van der Waals surface area contributed by atoms with Gasteiger partial charge in [0, 0.05) is 16.2 Å². The van der Waals surface area contributed by atoms with Crippen LogP contribution < -0.4 is 5.32 Å². The highest BCUT2D eigenvalue weighted by Crippen LogP contribution is 2.31. The van der Waals surface area contributed by atoms with Gasteiger partial charge in [0.25, 0.3) is 5.91 Å². The predicted octanol–water partition coefficient (Wildman–Crippen LogP) is 4.15. The molecule has 8 heteroatoms. The second kappa shape index (κ2) is 7.48. The maximum Gasteiger partial charge on any atom is 0.348 e. The van der Waals surface area contributed by atoms with Crippen molar-refractivity contribution >= 4 is 39.1 Å². The molecule has 4 rings (SSSR count). The fourth-order valence-corrected chi connectivity index (χ4v) is 4.33. The number of esters is 1. The van der Waals surface area contributed by atoms with Crippen molar-refractivity contribution < 1.29 is 18.7 Å². The van der Waals surface area contributed by atoms with E-state index in [1.54, 1.807) is 24.4 Å². The lowest BCUT2D eigenvalue weighted by Crippen LogP contribution is -2.23. The Morgan fingerprint density at radius 3 is 2.89 bits per heavy atom. The van der Waals surface area contributed by atoms with E-state index >= 15 is 0 Å². The van der Waals surface area contributed by atoms with E-state index in [4.69, 9.17) is 4.74 Å². The number of thiophene rings is 1. The first-order valence-corrected chi connectivity index (χ1v) is 9.62. The zero-order valence-corrected chi connectivity index (χ0v) is 15.3. The molecule has 0 aliphatic heterocycles. The molecule has 0 spiro atoms. The fraction of sp³-hybridized carbons (Fsp3) is 0.316. The van der Waals surface area contributed by atoms with Gasteiger partial charge in [-0.1, -0.05) is 18.9 Å². The molecule has 1 aromatic carbocycles. The monoisotopic (exact) mass is 387 g/mol. The van der Waals surface area contributed by atoms with Crippen molar-refractivity contribution in [1.82, 2.24) is 9.78 Å². The van der Waals surface area contributed by atoms with Gasteiger partial charge in [-0.15, -0.1) is 11.3 Å². The van der Waals surface area contributed by atoms with E-state index in [2.05, 4.69) is 10.4 Å². The van der Waals surface area contributed by atoms with Crippen molar-refractivity contribution in [3.05, 3.63) is 47.2 Å². The minimum absolute atomic E-state index is 0.263. The van der Waals surface area contributed by atoms with Crippen LogP contribution in [0.2, 0.25) is 0 Å². The van der Waals surface area contributed by atoms with Gasteiger partial charge in [-0.25, -0.2) is 13.9 Å². The summed E-state index contributed by atoms with van der Waals surface area (Å²) < 4.78 is 21.3. The predicted molar refractivity (Wildman–Crippen MR) is 100 cm³/mol. The number of nitrogens with one attached hydrogen (secondary N) is 1. The average molecular weight is 387 g/mol. The number of anilines is 1. The fourth-order valence-electron chi connectivity index (χ4n) is 3.36. The van der Waals surface area contributed by atoms with Crippen molar-refractivity contribution in [2.75, 3.05) is 11.9 Å². The Bertz CT molecular complexity index is 991. The number of rotatable bonds is 5. The zero-order valence-electron chi connectivity index (χ0n) is 14.5. The normalized spacial score (nSPS) is 14.6. The quantitative estimate of drug-likeness (QED) is 0.668. The summed E-state index contributed by atoms with van der Waals surface area (Å²) in [5, 5.41) is 7.40. The molecule has 6 nitrogen and oxygen atoms in total. The number of hydrogen-bond acceptors (Lipinski definition) is 5. The number of halogens is 1. The second-order valence-electron chi connectivity index (χ2n) is 6.49. The Kier molecular flexibility index (Phi) is 4.89. The molecule has 0 saturated heterocycles. The van der Waals surface area contributed by atoms with Gasteiger partial charge >= 0.3 is 5.97 Å². The maximum absolute atomic E-state index is 13.7. The van der Waals surface area contributed by atoms with E-state index in [-0.39, 0.29) is 10.7 Å². The summed E-state index contributed by atoms with van der Waals surface area (Å²) in [5.41, 5.74) is 0. The molecule has 1 aliphatic carbocycles. The Morgan fingerprint density at radius 1 is 1.30 bits per heavy atom. The summed E-state index contributed by atoms with van der Waals surface area (Å²) in [5.74, 6) is -0.863. The van der Waals surface area contributed by atoms with E-state index in [1.165, 1.54) is 12.1 Å². The summed E-state index contributed by atoms with van der Waals surface area (Å²) in [7, 11) is 0. The van der Waals surface area contributed by atoms with Gasteiger partial charge in [0.1, 0.15) is 16.5 Å². The van der Waals surface area contributed by atoms with Gasteiger partial charge in [-0.3, -0.25) is 4.79 Å². The van der Waals surface area contributed by atoms with Gasteiger partial charge in [0.05, 0.1) is 12.2 Å². The smallest absolute Gasteiger partial charge is 0.348 e. The molecule has 140 valence electrons. The topological polar surface area (TPSA) is 73.2 Å². The Labute approximate surface area is 158 Å². The molecule has 27 heavy (non-hydrogen) atoms. The van der Waals surface area contributed by atoms with Gasteiger partial charge in [-0.2, -0.15) is 5.10 Å². The molecule has 3 aromatic rings. The van der Waals surface area contributed by atoms with Crippen LogP contribution in [-0.4, -0.2) is 28.3 Å². The Morgan fingerprint density at radius 2 is 2.11 bits per heavy atom. The van der Waals surface area contributed by atoms with Crippen LogP contribution in [0.4, 0.5) is 10.2 Å². The number of fused-ring (bicyclic) bond motifs is 1. The number of nitrogens with zero attached hydrogens (tertiary/aromatic N) is 2. The molecular formula is C19H18FN3O3S. The molecule has 0 bridgehead atoms. The van der Waals surface area contributed by atoms with Crippen molar-refractivity contribution in [2.24, 2.45) is 0 Å². The van der Waals surface area contributed by atoms with Crippen LogP contribution in [0.1, 0.15) is 41.4 Å². The first kappa shape index (κ1) is 17.7. The molecule has 0 unspecified atom stereocenters. The SMILES string of the molecule is O=C(COC(=O)c1cc2c(F)cccc2s1)Nc1ccnn1C1CCCC1. The molecule has 2 aromatic heterocycles. The molecular weight excluding hydrogens is 369 g/mol. The third-order valence-electron chi connectivity index (χ3n) is 4.65. The average Bonchev–Trinajstić information content (AvgIpc) is 3.39. The van der Waals surface area contributed by atoms with Gasteiger partial charge in [-0.05, 0) is 31.0 Å². The third-order valence-corrected chi connectivity index (χ3v) is 5.73. The van der Waals surface area contributed by atoms with E-state index < -0.39 is 18.5 Å². The highest BCUT2D eigenvalue weighted by atomic mass is 32.1. The van der Waals surface area contributed by atoms with Crippen molar-refractivity contribution in [3.63, 3.8) is 0 Å². The summed E-state index contributed by atoms with van der Waals surface area (Å²) in [6, 6.07) is 8.13. The van der Waals surface area contributed by atoms with Crippen LogP contribution in [0.5, 0.6) is 0 Å². The van der Waals surface area contributed by atoms with Crippen LogP contribution in [-0.2, 0) is 9.53 Å². The second-order valence-corrected chi connectivity index (χ2v) is 7.57. The number of aromatic nitrogens is 2. The number of carbonyl (C=O) groups excluding carboxylic acids is 2. The molecule has 1 N–H and O–H groups in total. The summed E-state index contributed by atoms with van der Waals surface area (Å²) in [6.07, 6.45) is 6.05. The molecule has 0 radical (unpaired) electrons. The standard InChI is InChI=1S/C19H18FN3O3S/c20-14-6-3-7-15-13(14)10-16(27-15)19(25)26-11-18(24)22-17-8-9-21-23(17)12-4-1-2-5-12/h3,6-10,12H,1-2,4-5,11H2,(H,22,24). The van der Waals surface area contributed by atoms with Crippen molar-refractivity contribution in [3.8, 4) is 0 Å². The molecule has 0 atom stereocenters. The molecule has 1 amide bonds. The lowest BCUT2D eigenvalue weighted by molar-refractivity contribution is -0.119. The van der Waals surface area contributed by atoms with Crippen LogP contribution >= 0.6 is 11.3 Å². The minimum Gasteiger partial charge on any atom is -0.451 e. The van der Waals surface area contributed by atoms with Crippen LogP contribution in [0.15, 0.2) is 36.5 Å². The van der Waals surface area contributed by atoms with Crippen LogP contribution in [0, 0.1) is 5.82 Å². The Balaban J connectivity index is 1.37. The highest BCUT2D eigenvalue weighted by Gasteiger charge is 2.21. The van der Waals surface area contributed by atoms with Crippen molar-refractivity contribution in [1.29, 1.82) is 0 Å². The molecule has 1 saturated carbocycles. The van der Waals surface area contributed by atoms with Gasteiger partial charge in [0.15, 0.2) is 6.61 Å². The maximum atomic E-state index is 13.7. The molecule has 1 fully saturated rings. The minimum atomic E-state index is -0.643. The lowest BCUT2D eigenvalue weighted by atomic mass is 10.2. The number of carbonyl (C=O) groups is 2. The highest BCUT2D eigenvalue weighted by molar-refractivity contribution is 7.20. The largest absolute Gasteiger partial charge is 0.451 e. The van der Waals surface area contributed by atoms with E-state index in [9.17, 15) is 14.0 Å². The third kappa shape index (κ3) is 3.71. The number of amides is 1. The van der Waals surface area contributed by atoms with Crippen LogP contribution in [0.3, 0.4) is 0 Å². The summed E-state index contributed by atoms with van der Waals surface area (Å²) in [4.78, 5) is 24.6. The number of ether oxygens (including phenoxy) is 1. The summed E-state index contributed by atoms with van der Waals surface area (Å²) >= 11 is 1.14. The van der Waals surface area contributed by atoms with Gasteiger partial charge < -0.3 is 10.1 Å². The van der Waals surface area contributed by atoms with Crippen molar-refractivity contribution in [2.45, 2.75) is 31.7 Å². The van der Waals surface area contributed by atoms with E-state index in [0.717, 1.165) is 37.0 Å². The van der Waals surface area contributed by atoms with Gasteiger partial charge in [0.2, 0.25) is 0 Å². The summed E-state index contributed by atoms with van der Waals surface area (Å²) in [6.45, 7) is -0.411. The Hall–Kier alpha value is -2.74. The molecule has 2 heterocycles. The van der Waals surface area contributed by atoms with Crippen LogP contribution in [0.25, 0.3) is 10.1 Å². The first-order chi connectivity index (χ1) is 13.1. The zero-order chi connectivity index (χ0) is 18.8. The molecule has 1 aliphatic rings. The van der Waals surface area contributed by atoms with E-state index in [0.29, 0.717) is 21.9 Å². The first-order valence-electron chi connectivity index (χ1n) is 8.80. The lowest BCUT2D eigenvalue weighted by Gasteiger charge is -2.14. The number of hydrogen-bond donors (Lipinski definition) is 1. The number of benzene rings is 1.